The second kappa shape index (κ2) is 6.28. The van der Waals surface area contributed by atoms with Crippen molar-refractivity contribution in [1.29, 1.82) is 0 Å². The molecule has 0 aliphatic heterocycles. The first-order valence-corrected chi connectivity index (χ1v) is 8.49. The van der Waals surface area contributed by atoms with Gasteiger partial charge in [-0.3, -0.25) is 0 Å². The van der Waals surface area contributed by atoms with E-state index < -0.39 is 20.0 Å². The van der Waals surface area contributed by atoms with E-state index in [2.05, 4.69) is 19.7 Å². The van der Waals surface area contributed by atoms with Gasteiger partial charge in [0.15, 0.2) is 0 Å². The van der Waals surface area contributed by atoms with Crippen LogP contribution in [0.2, 0.25) is 0 Å². The molecule has 0 fully saturated rings. The molecule has 0 aliphatic rings. The van der Waals surface area contributed by atoms with Gasteiger partial charge in [-0.1, -0.05) is 0 Å². The van der Waals surface area contributed by atoms with Crippen LogP contribution in [0.3, 0.4) is 0 Å². The van der Waals surface area contributed by atoms with Crippen molar-refractivity contribution < 1.29 is 16.8 Å². The summed E-state index contributed by atoms with van der Waals surface area (Å²) < 4.78 is 50.2. The predicted molar refractivity (Wildman–Crippen MR) is 71.8 cm³/mol. The molecule has 19 heavy (non-hydrogen) atoms. The lowest BCUT2D eigenvalue weighted by molar-refractivity contribution is 0.578. The van der Waals surface area contributed by atoms with Crippen LogP contribution in [0.5, 0.6) is 0 Å². The van der Waals surface area contributed by atoms with E-state index in [1.165, 1.54) is 25.4 Å². The molecule has 0 aliphatic carbocycles. The Labute approximate surface area is 112 Å². The average molecular weight is 308 g/mol. The van der Waals surface area contributed by atoms with E-state index in [-0.39, 0.29) is 17.2 Å². The van der Waals surface area contributed by atoms with Crippen LogP contribution in [0.4, 0.5) is 5.82 Å². The standard InChI is InChI=1S/C9H16N4O4S2/c1-10-9-4-3-8(7-12-9)19(16,17)13-5-6-18(14,15)11-2/h3-4,7,11,13H,5-6H2,1-2H3,(H,10,12). The molecule has 10 heteroatoms. The van der Waals surface area contributed by atoms with E-state index in [1.54, 1.807) is 7.05 Å². The third-order valence-electron chi connectivity index (χ3n) is 2.28. The first-order valence-electron chi connectivity index (χ1n) is 5.35. The fourth-order valence-electron chi connectivity index (χ4n) is 1.18. The van der Waals surface area contributed by atoms with E-state index in [4.69, 9.17) is 0 Å². The topological polar surface area (TPSA) is 117 Å². The zero-order valence-corrected chi connectivity index (χ0v) is 12.2. The molecule has 0 saturated heterocycles. The summed E-state index contributed by atoms with van der Waals surface area (Å²) in [5.74, 6) is 0.210. The third kappa shape index (κ3) is 4.74. The van der Waals surface area contributed by atoms with Crippen molar-refractivity contribution in [3.63, 3.8) is 0 Å². The second-order valence-corrected chi connectivity index (χ2v) is 7.36. The summed E-state index contributed by atoms with van der Waals surface area (Å²) in [6, 6.07) is 2.90. The second-order valence-electron chi connectivity index (χ2n) is 3.55. The Bertz CT molecular complexity index is 610. The lowest BCUT2D eigenvalue weighted by atomic mass is 10.5. The number of rotatable bonds is 7. The van der Waals surface area contributed by atoms with Crippen molar-refractivity contribution in [2.45, 2.75) is 4.90 Å². The summed E-state index contributed by atoms with van der Waals surface area (Å²) in [5.41, 5.74) is 0. The molecule has 1 rings (SSSR count). The summed E-state index contributed by atoms with van der Waals surface area (Å²) in [4.78, 5) is 3.86. The van der Waals surface area contributed by atoms with E-state index in [9.17, 15) is 16.8 Å². The van der Waals surface area contributed by atoms with E-state index in [0.29, 0.717) is 5.82 Å². The summed E-state index contributed by atoms with van der Waals surface area (Å²) >= 11 is 0. The predicted octanol–water partition coefficient (Wildman–Crippen LogP) is -1.05. The van der Waals surface area contributed by atoms with Crippen molar-refractivity contribution in [3.8, 4) is 0 Å². The molecule has 0 saturated carbocycles. The van der Waals surface area contributed by atoms with Gasteiger partial charge >= 0.3 is 0 Å². The highest BCUT2D eigenvalue weighted by Gasteiger charge is 2.15. The zero-order chi connectivity index (χ0) is 14.5. The molecule has 0 bridgehead atoms. The molecule has 0 radical (unpaired) electrons. The molecule has 0 unspecified atom stereocenters. The molecule has 1 aromatic rings. The first-order chi connectivity index (χ1) is 8.80. The summed E-state index contributed by atoms with van der Waals surface area (Å²) in [6.07, 6.45) is 1.20. The molecule has 108 valence electrons. The monoisotopic (exact) mass is 308 g/mol. The summed E-state index contributed by atoms with van der Waals surface area (Å²) in [7, 11) is -4.25. The van der Waals surface area contributed by atoms with Gasteiger partial charge in [0.1, 0.15) is 10.7 Å². The minimum Gasteiger partial charge on any atom is -0.373 e. The zero-order valence-electron chi connectivity index (χ0n) is 10.5. The number of hydrogen-bond acceptors (Lipinski definition) is 6. The van der Waals surface area contributed by atoms with Crippen LogP contribution >= 0.6 is 0 Å². The van der Waals surface area contributed by atoms with Crippen molar-refractivity contribution in [3.05, 3.63) is 18.3 Å². The minimum absolute atomic E-state index is 0.0200. The number of aromatic nitrogens is 1. The smallest absolute Gasteiger partial charge is 0.242 e. The number of pyridine rings is 1. The molecule has 1 aromatic heterocycles. The van der Waals surface area contributed by atoms with Crippen molar-refractivity contribution in [2.24, 2.45) is 0 Å². The maximum atomic E-state index is 11.8. The lowest BCUT2D eigenvalue weighted by Gasteiger charge is -2.07. The Hall–Kier alpha value is -1.23. The highest BCUT2D eigenvalue weighted by Crippen LogP contribution is 2.09. The van der Waals surface area contributed by atoms with Crippen LogP contribution in [0.15, 0.2) is 23.2 Å². The van der Waals surface area contributed by atoms with Crippen molar-refractivity contribution in [1.82, 2.24) is 14.4 Å². The summed E-state index contributed by atoms with van der Waals surface area (Å²) in [6.45, 7) is -0.209. The Morgan fingerprint density at radius 1 is 1.16 bits per heavy atom. The van der Waals surface area contributed by atoms with Crippen LogP contribution in [-0.4, -0.2) is 48.2 Å². The van der Waals surface area contributed by atoms with Gasteiger partial charge in [-0.2, -0.15) is 0 Å². The van der Waals surface area contributed by atoms with Crippen LogP contribution in [-0.2, 0) is 20.0 Å². The molecule has 1 heterocycles. The molecule has 0 atom stereocenters. The third-order valence-corrected chi connectivity index (χ3v) is 5.09. The molecular weight excluding hydrogens is 292 g/mol. The maximum absolute atomic E-state index is 11.8. The van der Waals surface area contributed by atoms with E-state index in [0.717, 1.165) is 0 Å². The number of nitrogens with one attached hydrogen (secondary N) is 3. The highest BCUT2D eigenvalue weighted by molar-refractivity contribution is 7.90. The molecule has 0 aromatic carbocycles. The van der Waals surface area contributed by atoms with Crippen molar-refractivity contribution >= 4 is 25.9 Å². The largest absolute Gasteiger partial charge is 0.373 e. The Kier molecular flexibility index (Phi) is 5.23. The Morgan fingerprint density at radius 2 is 1.84 bits per heavy atom. The van der Waals surface area contributed by atoms with Gasteiger partial charge < -0.3 is 5.32 Å². The molecular formula is C9H16N4O4S2. The van der Waals surface area contributed by atoms with Crippen LogP contribution < -0.4 is 14.8 Å². The molecule has 0 spiro atoms. The Balaban J connectivity index is 2.70. The highest BCUT2D eigenvalue weighted by atomic mass is 32.2. The fraction of sp³-hybridized carbons (Fsp3) is 0.444. The van der Waals surface area contributed by atoms with Gasteiger partial charge in [0.2, 0.25) is 20.0 Å². The SMILES string of the molecule is CNc1ccc(S(=O)(=O)NCCS(=O)(=O)NC)cn1. The van der Waals surface area contributed by atoms with Crippen LogP contribution in [0.25, 0.3) is 0 Å². The van der Waals surface area contributed by atoms with Crippen LogP contribution in [0, 0.1) is 0 Å². The van der Waals surface area contributed by atoms with Crippen molar-refractivity contribution in [2.75, 3.05) is 31.7 Å². The first kappa shape index (κ1) is 15.8. The minimum atomic E-state index is -3.75. The normalized spacial score (nSPS) is 12.3. The molecule has 8 nitrogen and oxygen atoms in total. The number of nitrogens with zero attached hydrogens (tertiary/aromatic N) is 1. The maximum Gasteiger partial charge on any atom is 0.242 e. The van der Waals surface area contributed by atoms with Gasteiger partial charge in [0.25, 0.3) is 0 Å². The van der Waals surface area contributed by atoms with Gasteiger partial charge in [0.05, 0.1) is 5.75 Å². The number of sulfonamides is 2. The van der Waals surface area contributed by atoms with E-state index >= 15 is 0 Å². The van der Waals surface area contributed by atoms with E-state index in [1.807, 2.05) is 0 Å². The number of anilines is 1. The molecule has 3 N–H and O–H groups in total. The Morgan fingerprint density at radius 3 is 2.32 bits per heavy atom. The fourth-order valence-corrected chi connectivity index (χ4v) is 2.86. The molecule has 0 amide bonds. The average Bonchev–Trinajstić information content (AvgIpc) is 2.38. The van der Waals surface area contributed by atoms with Gasteiger partial charge in [0, 0.05) is 19.8 Å². The van der Waals surface area contributed by atoms with Gasteiger partial charge in [-0.15, -0.1) is 0 Å². The number of hydrogen-bond donors (Lipinski definition) is 3. The quantitative estimate of drug-likeness (QED) is 0.592. The van der Waals surface area contributed by atoms with Crippen LogP contribution in [0.1, 0.15) is 0 Å². The van der Waals surface area contributed by atoms with Gasteiger partial charge in [-0.05, 0) is 19.2 Å². The van der Waals surface area contributed by atoms with Gasteiger partial charge in [-0.25, -0.2) is 31.3 Å². The summed E-state index contributed by atoms with van der Waals surface area (Å²) in [5, 5.41) is 2.76. The lowest BCUT2D eigenvalue weighted by Crippen LogP contribution is -2.33.